The first-order valence-corrected chi connectivity index (χ1v) is 11.1. The Morgan fingerprint density at radius 3 is 2.72 bits per heavy atom. The molecular formula is C23H27ClN6O2. The highest BCUT2D eigenvalue weighted by Gasteiger charge is 2.19. The van der Waals surface area contributed by atoms with E-state index in [2.05, 4.69) is 32.4 Å². The third kappa shape index (κ3) is 4.55. The van der Waals surface area contributed by atoms with E-state index < -0.39 is 0 Å². The van der Waals surface area contributed by atoms with E-state index in [9.17, 15) is 9.59 Å². The molecule has 0 spiro atoms. The van der Waals surface area contributed by atoms with Crippen LogP contribution in [0, 0.1) is 5.92 Å². The van der Waals surface area contributed by atoms with Gasteiger partial charge in [0.1, 0.15) is 5.02 Å². The van der Waals surface area contributed by atoms with Gasteiger partial charge in [-0.25, -0.2) is 4.98 Å². The lowest BCUT2D eigenvalue weighted by atomic mass is 10.00. The molecule has 3 aromatic rings. The zero-order valence-corrected chi connectivity index (χ0v) is 19.2. The molecule has 0 atom stereocenters. The van der Waals surface area contributed by atoms with Gasteiger partial charge in [0.05, 0.1) is 18.1 Å². The first-order valence-electron chi connectivity index (χ1n) is 10.7. The highest BCUT2D eigenvalue weighted by molar-refractivity contribution is 6.32. The summed E-state index contributed by atoms with van der Waals surface area (Å²) in [6, 6.07) is 7.43. The molecule has 1 aliphatic rings. The van der Waals surface area contributed by atoms with Gasteiger partial charge in [0.25, 0.3) is 5.56 Å². The molecule has 32 heavy (non-hydrogen) atoms. The van der Waals surface area contributed by atoms with Crippen LogP contribution in [0.15, 0.2) is 35.3 Å². The third-order valence-corrected chi connectivity index (χ3v) is 6.27. The Kier molecular flexibility index (Phi) is 6.32. The van der Waals surface area contributed by atoms with Gasteiger partial charge >= 0.3 is 0 Å². The number of pyridine rings is 1. The summed E-state index contributed by atoms with van der Waals surface area (Å²) >= 11 is 6.38. The molecule has 168 valence electrons. The van der Waals surface area contributed by atoms with Gasteiger partial charge in [-0.05, 0) is 43.0 Å². The van der Waals surface area contributed by atoms with E-state index in [4.69, 9.17) is 11.6 Å². The van der Waals surface area contributed by atoms with Crippen LogP contribution in [0.3, 0.4) is 0 Å². The molecule has 1 amide bonds. The Hall–Kier alpha value is -3.13. The van der Waals surface area contributed by atoms with Gasteiger partial charge in [-0.3, -0.25) is 9.59 Å². The average molecular weight is 455 g/mol. The van der Waals surface area contributed by atoms with Gasteiger partial charge in [0.2, 0.25) is 11.9 Å². The van der Waals surface area contributed by atoms with Crippen molar-refractivity contribution in [2.45, 2.75) is 26.2 Å². The van der Waals surface area contributed by atoms with Crippen LogP contribution in [0.1, 0.15) is 25.3 Å². The number of carbonyl (C=O) groups excluding carboxylic acids is 1. The highest BCUT2D eigenvalue weighted by atomic mass is 35.5. The molecule has 2 aromatic heterocycles. The summed E-state index contributed by atoms with van der Waals surface area (Å²) in [5.41, 5.74) is 1.82. The molecule has 1 aromatic carbocycles. The minimum Gasteiger partial charge on any atom is -0.359 e. The maximum Gasteiger partial charge on any atom is 0.254 e. The number of piperidine rings is 1. The molecule has 2 N–H and O–H groups in total. The van der Waals surface area contributed by atoms with Gasteiger partial charge < -0.3 is 20.1 Å². The topological polar surface area (TPSA) is 92.2 Å². The molecule has 0 unspecified atom stereocenters. The maximum atomic E-state index is 12.6. The van der Waals surface area contributed by atoms with E-state index in [1.807, 2.05) is 18.2 Å². The fourth-order valence-electron chi connectivity index (χ4n) is 3.96. The third-order valence-electron chi connectivity index (χ3n) is 5.99. The lowest BCUT2D eigenvalue weighted by Crippen LogP contribution is -2.34. The number of benzene rings is 1. The van der Waals surface area contributed by atoms with Crippen LogP contribution >= 0.6 is 11.6 Å². The van der Waals surface area contributed by atoms with Crippen LogP contribution in [0.5, 0.6) is 0 Å². The van der Waals surface area contributed by atoms with Crippen molar-refractivity contribution in [3.8, 4) is 0 Å². The number of hydrogen-bond donors (Lipinski definition) is 2. The molecule has 0 bridgehead atoms. The number of amides is 1. The second-order valence-electron chi connectivity index (χ2n) is 8.32. The second kappa shape index (κ2) is 9.16. The summed E-state index contributed by atoms with van der Waals surface area (Å²) in [5.74, 6) is 1.71. The number of nitrogens with zero attached hydrogens (tertiary/aromatic N) is 4. The minimum absolute atomic E-state index is 0.0340. The van der Waals surface area contributed by atoms with Crippen molar-refractivity contribution in [2.24, 2.45) is 13.0 Å². The van der Waals surface area contributed by atoms with Crippen molar-refractivity contribution >= 4 is 45.9 Å². The van der Waals surface area contributed by atoms with Crippen LogP contribution < -0.4 is 21.1 Å². The summed E-state index contributed by atoms with van der Waals surface area (Å²) in [6.07, 6.45) is 3.90. The van der Waals surface area contributed by atoms with Crippen LogP contribution in [0.2, 0.25) is 5.02 Å². The number of fused-ring (bicyclic) bond motifs is 1. The lowest BCUT2D eigenvalue weighted by molar-refractivity contribution is -0.119. The van der Waals surface area contributed by atoms with Crippen LogP contribution in [0.4, 0.5) is 17.5 Å². The molecule has 4 rings (SSSR count). The van der Waals surface area contributed by atoms with Crippen molar-refractivity contribution in [3.05, 3.63) is 51.4 Å². The summed E-state index contributed by atoms with van der Waals surface area (Å²) in [6.45, 7) is 4.13. The van der Waals surface area contributed by atoms with E-state index in [1.165, 1.54) is 0 Å². The first kappa shape index (κ1) is 22.1. The Bertz CT molecular complexity index is 1220. The molecule has 1 aliphatic heterocycles. The molecular weight excluding hydrogens is 428 g/mol. The van der Waals surface area contributed by atoms with Gasteiger partial charge in [-0.15, -0.1) is 0 Å². The van der Waals surface area contributed by atoms with Crippen LogP contribution in [-0.2, 0) is 18.3 Å². The summed E-state index contributed by atoms with van der Waals surface area (Å²) in [7, 11) is 3.26. The molecule has 0 aliphatic carbocycles. The predicted molar refractivity (Wildman–Crippen MR) is 128 cm³/mol. The molecule has 0 radical (unpaired) electrons. The number of hydrogen-bond acceptors (Lipinski definition) is 6. The summed E-state index contributed by atoms with van der Waals surface area (Å²) < 4.78 is 1.56. The summed E-state index contributed by atoms with van der Waals surface area (Å²) in [5, 5.41) is 7.11. The van der Waals surface area contributed by atoms with Crippen molar-refractivity contribution in [3.63, 3.8) is 0 Å². The number of aryl methyl sites for hydroxylation is 1. The standard InChI is InChI=1S/C23H27ClN6O2/c1-14-6-8-30(9-7-14)23-26-13-18(24)21(28-23)27-17-4-5-19-15(11-17)10-16(12-20(31)25-2)22(32)29(19)3/h4-5,10-11,13-14H,6-9,12H2,1-3H3,(H,25,31)(H,26,27,28). The van der Waals surface area contributed by atoms with E-state index in [-0.39, 0.29) is 17.9 Å². The average Bonchev–Trinajstić information content (AvgIpc) is 2.79. The van der Waals surface area contributed by atoms with Crippen molar-refractivity contribution < 1.29 is 4.79 Å². The van der Waals surface area contributed by atoms with E-state index in [0.717, 1.165) is 48.4 Å². The Labute approximate surface area is 191 Å². The number of anilines is 3. The molecule has 1 fully saturated rings. The number of halogens is 1. The number of rotatable bonds is 5. The summed E-state index contributed by atoms with van der Waals surface area (Å²) in [4.78, 5) is 35.7. The van der Waals surface area contributed by atoms with Crippen LogP contribution in [-0.4, -0.2) is 40.6 Å². The Balaban J connectivity index is 1.64. The minimum atomic E-state index is -0.205. The van der Waals surface area contributed by atoms with Gasteiger partial charge in [0.15, 0.2) is 5.82 Å². The van der Waals surface area contributed by atoms with Crippen molar-refractivity contribution in [1.82, 2.24) is 19.9 Å². The van der Waals surface area contributed by atoms with E-state index >= 15 is 0 Å². The lowest BCUT2D eigenvalue weighted by Gasteiger charge is -2.30. The molecule has 9 heteroatoms. The maximum absolute atomic E-state index is 12.6. The number of nitrogens with one attached hydrogen (secondary N) is 2. The second-order valence-corrected chi connectivity index (χ2v) is 8.73. The Morgan fingerprint density at radius 2 is 2.00 bits per heavy atom. The van der Waals surface area contributed by atoms with E-state index in [0.29, 0.717) is 22.4 Å². The zero-order valence-electron chi connectivity index (χ0n) is 18.5. The smallest absolute Gasteiger partial charge is 0.254 e. The first-order chi connectivity index (χ1) is 15.4. The fraction of sp³-hybridized carbons (Fsp3) is 0.391. The van der Waals surface area contributed by atoms with Crippen LogP contribution in [0.25, 0.3) is 10.9 Å². The van der Waals surface area contributed by atoms with Gasteiger partial charge in [0, 0.05) is 43.8 Å². The predicted octanol–water partition coefficient (Wildman–Crippen LogP) is 3.25. The molecule has 1 saturated heterocycles. The SMILES string of the molecule is CNC(=O)Cc1cc2cc(Nc3nc(N4CCC(C)CC4)ncc3Cl)ccc2n(C)c1=O. The quantitative estimate of drug-likeness (QED) is 0.614. The van der Waals surface area contributed by atoms with Crippen molar-refractivity contribution in [1.29, 1.82) is 0 Å². The van der Waals surface area contributed by atoms with E-state index in [1.54, 1.807) is 30.9 Å². The van der Waals surface area contributed by atoms with Crippen molar-refractivity contribution in [2.75, 3.05) is 30.4 Å². The largest absolute Gasteiger partial charge is 0.359 e. The number of carbonyl (C=O) groups is 1. The zero-order chi connectivity index (χ0) is 22.8. The number of aromatic nitrogens is 3. The monoisotopic (exact) mass is 454 g/mol. The molecule has 0 saturated carbocycles. The highest BCUT2D eigenvalue weighted by Crippen LogP contribution is 2.28. The molecule has 8 nitrogen and oxygen atoms in total. The number of likely N-dealkylation sites (N-methyl/N-ethyl adjacent to an activating group) is 1. The normalized spacial score (nSPS) is 14.6. The fourth-order valence-corrected chi connectivity index (χ4v) is 4.10. The van der Waals surface area contributed by atoms with Gasteiger partial charge in [-0.1, -0.05) is 18.5 Å². The molecule has 3 heterocycles. The Morgan fingerprint density at radius 1 is 1.25 bits per heavy atom. The van der Waals surface area contributed by atoms with Gasteiger partial charge in [-0.2, -0.15) is 4.98 Å².